The first-order chi connectivity index (χ1) is 8.11. The number of aliphatic hydroxyl groups excluding tert-OH is 2. The largest absolute Gasteiger partial charge is 0.491 e. The van der Waals surface area contributed by atoms with Crippen molar-refractivity contribution in [3.8, 4) is 5.75 Å². The molecule has 0 aromatic heterocycles. The van der Waals surface area contributed by atoms with Crippen LogP contribution in [0.3, 0.4) is 0 Å². The van der Waals surface area contributed by atoms with E-state index in [1.54, 1.807) is 24.3 Å². The Labute approximate surface area is 106 Å². The third kappa shape index (κ3) is 5.81. The number of hydrogen-bond donors (Lipinski definition) is 3. The van der Waals surface area contributed by atoms with Gasteiger partial charge in [-0.15, -0.1) is 0 Å². The first kappa shape index (κ1) is 14.2. The summed E-state index contributed by atoms with van der Waals surface area (Å²) in [6.45, 7) is 2.28. The Morgan fingerprint density at radius 1 is 1.35 bits per heavy atom. The first-order valence-corrected chi connectivity index (χ1v) is 6.55. The van der Waals surface area contributed by atoms with E-state index in [0.717, 1.165) is 0 Å². The van der Waals surface area contributed by atoms with E-state index in [4.69, 9.17) is 15.6 Å². The zero-order valence-electron chi connectivity index (χ0n) is 9.87. The predicted molar refractivity (Wildman–Crippen MR) is 71.4 cm³/mol. The van der Waals surface area contributed by atoms with E-state index in [1.807, 2.05) is 6.92 Å². The molecule has 0 radical (unpaired) electrons. The molecule has 1 aromatic rings. The average molecular weight is 257 g/mol. The van der Waals surface area contributed by atoms with Crippen LogP contribution < -0.4 is 10.5 Å². The van der Waals surface area contributed by atoms with Gasteiger partial charge in [-0.2, -0.15) is 11.8 Å². The standard InChI is InChI=1S/C12H19NO3S/c1-9(6-14)17-8-11(15)7-16-12-4-2-10(13)3-5-12/h2-5,9,11,14-15H,6-8,13H2,1H3. The molecule has 0 aliphatic heterocycles. The highest BCUT2D eigenvalue weighted by Crippen LogP contribution is 2.15. The van der Waals surface area contributed by atoms with Crippen LogP contribution in [-0.4, -0.2) is 40.5 Å². The highest BCUT2D eigenvalue weighted by Gasteiger charge is 2.08. The van der Waals surface area contributed by atoms with Crippen LogP contribution in [-0.2, 0) is 0 Å². The second-order valence-electron chi connectivity index (χ2n) is 3.86. The number of anilines is 1. The quantitative estimate of drug-likeness (QED) is 0.638. The molecular weight excluding hydrogens is 238 g/mol. The fourth-order valence-corrected chi connectivity index (χ4v) is 1.88. The van der Waals surface area contributed by atoms with Crippen LogP contribution in [0.15, 0.2) is 24.3 Å². The van der Waals surface area contributed by atoms with Gasteiger partial charge in [-0.05, 0) is 24.3 Å². The Morgan fingerprint density at radius 3 is 2.59 bits per heavy atom. The maximum atomic E-state index is 9.66. The fourth-order valence-electron chi connectivity index (χ4n) is 1.13. The molecule has 2 atom stereocenters. The minimum absolute atomic E-state index is 0.121. The van der Waals surface area contributed by atoms with Crippen LogP contribution in [0, 0.1) is 0 Å². The number of nitrogen functional groups attached to an aromatic ring is 1. The lowest BCUT2D eigenvalue weighted by atomic mass is 10.3. The van der Waals surface area contributed by atoms with Crippen molar-refractivity contribution < 1.29 is 14.9 Å². The van der Waals surface area contributed by atoms with Crippen molar-refractivity contribution >= 4 is 17.4 Å². The van der Waals surface area contributed by atoms with E-state index in [9.17, 15) is 5.11 Å². The normalized spacial score (nSPS) is 14.3. The minimum atomic E-state index is -0.536. The molecule has 0 bridgehead atoms. The Morgan fingerprint density at radius 2 is 2.00 bits per heavy atom. The van der Waals surface area contributed by atoms with E-state index in [0.29, 0.717) is 17.2 Å². The summed E-state index contributed by atoms with van der Waals surface area (Å²) in [6, 6.07) is 7.05. The summed E-state index contributed by atoms with van der Waals surface area (Å²) in [4.78, 5) is 0. The molecule has 0 heterocycles. The fraction of sp³-hybridized carbons (Fsp3) is 0.500. The lowest BCUT2D eigenvalue weighted by Crippen LogP contribution is -2.21. The molecule has 2 unspecified atom stereocenters. The number of hydrogen-bond acceptors (Lipinski definition) is 5. The molecule has 0 saturated carbocycles. The summed E-state index contributed by atoms with van der Waals surface area (Å²) in [6.07, 6.45) is -0.536. The Balaban J connectivity index is 2.23. The number of aliphatic hydroxyl groups is 2. The van der Waals surface area contributed by atoms with Crippen LogP contribution in [0.1, 0.15) is 6.92 Å². The smallest absolute Gasteiger partial charge is 0.119 e. The number of benzene rings is 1. The summed E-state index contributed by atoms with van der Waals surface area (Å²) >= 11 is 1.52. The van der Waals surface area contributed by atoms with Crippen LogP contribution in [0.4, 0.5) is 5.69 Å². The highest BCUT2D eigenvalue weighted by molar-refractivity contribution is 7.99. The summed E-state index contributed by atoms with van der Waals surface area (Å²) in [7, 11) is 0. The van der Waals surface area contributed by atoms with E-state index >= 15 is 0 Å². The molecule has 4 N–H and O–H groups in total. The summed E-state index contributed by atoms with van der Waals surface area (Å²) in [5.41, 5.74) is 6.23. The van der Waals surface area contributed by atoms with Crippen LogP contribution in [0.25, 0.3) is 0 Å². The Kier molecular flexibility index (Phi) is 6.18. The van der Waals surface area contributed by atoms with Gasteiger partial charge < -0.3 is 20.7 Å². The van der Waals surface area contributed by atoms with Crippen molar-refractivity contribution in [2.24, 2.45) is 0 Å². The third-order valence-corrected chi connectivity index (χ3v) is 3.45. The Hall–Kier alpha value is -0.910. The van der Waals surface area contributed by atoms with Gasteiger partial charge in [-0.3, -0.25) is 0 Å². The van der Waals surface area contributed by atoms with Gasteiger partial charge >= 0.3 is 0 Å². The van der Waals surface area contributed by atoms with E-state index in [-0.39, 0.29) is 18.5 Å². The Bertz CT molecular complexity index is 318. The molecule has 1 rings (SSSR count). The predicted octanol–water partition coefficient (Wildman–Crippen LogP) is 1.12. The van der Waals surface area contributed by atoms with Crippen molar-refractivity contribution in [3.63, 3.8) is 0 Å². The molecule has 0 aliphatic carbocycles. The van der Waals surface area contributed by atoms with Gasteiger partial charge in [0.25, 0.3) is 0 Å². The molecule has 1 aromatic carbocycles. The lowest BCUT2D eigenvalue weighted by Gasteiger charge is -2.14. The molecule has 0 fully saturated rings. The SMILES string of the molecule is CC(CO)SCC(O)COc1ccc(N)cc1. The van der Waals surface area contributed by atoms with Crippen LogP contribution in [0.5, 0.6) is 5.75 Å². The maximum absolute atomic E-state index is 9.66. The zero-order chi connectivity index (χ0) is 12.7. The molecule has 96 valence electrons. The molecular formula is C12H19NO3S. The number of nitrogens with two attached hydrogens (primary N) is 1. The second kappa shape index (κ2) is 7.42. The van der Waals surface area contributed by atoms with Crippen LogP contribution >= 0.6 is 11.8 Å². The van der Waals surface area contributed by atoms with Gasteiger partial charge in [0.15, 0.2) is 0 Å². The van der Waals surface area contributed by atoms with Crippen molar-refractivity contribution in [3.05, 3.63) is 24.3 Å². The van der Waals surface area contributed by atoms with Crippen molar-refractivity contribution in [2.45, 2.75) is 18.3 Å². The summed E-state index contributed by atoms with van der Waals surface area (Å²) in [5, 5.41) is 18.6. The summed E-state index contributed by atoms with van der Waals surface area (Å²) in [5.74, 6) is 1.25. The van der Waals surface area contributed by atoms with Gasteiger partial charge in [-0.25, -0.2) is 0 Å². The lowest BCUT2D eigenvalue weighted by molar-refractivity contribution is 0.126. The number of thioether (sulfide) groups is 1. The van der Waals surface area contributed by atoms with E-state index in [1.165, 1.54) is 11.8 Å². The van der Waals surface area contributed by atoms with Crippen LogP contribution in [0.2, 0.25) is 0 Å². The van der Waals surface area contributed by atoms with E-state index in [2.05, 4.69) is 0 Å². The average Bonchev–Trinajstić information content (AvgIpc) is 2.35. The second-order valence-corrected chi connectivity index (χ2v) is 5.33. The van der Waals surface area contributed by atoms with Gasteiger partial charge in [-0.1, -0.05) is 6.92 Å². The van der Waals surface area contributed by atoms with E-state index < -0.39 is 6.10 Å². The molecule has 4 nitrogen and oxygen atoms in total. The molecule has 0 amide bonds. The molecule has 17 heavy (non-hydrogen) atoms. The van der Waals surface area contributed by atoms with Gasteiger partial charge in [0.2, 0.25) is 0 Å². The zero-order valence-corrected chi connectivity index (χ0v) is 10.7. The van der Waals surface area contributed by atoms with Crippen molar-refractivity contribution in [1.29, 1.82) is 0 Å². The minimum Gasteiger partial charge on any atom is -0.491 e. The first-order valence-electron chi connectivity index (χ1n) is 5.50. The molecule has 0 saturated heterocycles. The van der Waals surface area contributed by atoms with Gasteiger partial charge in [0, 0.05) is 16.7 Å². The molecule has 0 aliphatic rings. The van der Waals surface area contributed by atoms with Gasteiger partial charge in [0.1, 0.15) is 12.4 Å². The molecule has 0 spiro atoms. The van der Waals surface area contributed by atoms with Gasteiger partial charge in [0.05, 0.1) is 12.7 Å². The van der Waals surface area contributed by atoms with Crippen molar-refractivity contribution in [1.82, 2.24) is 0 Å². The monoisotopic (exact) mass is 257 g/mol. The number of rotatable bonds is 7. The summed E-state index contributed by atoms with van der Waals surface area (Å²) < 4.78 is 5.41. The topological polar surface area (TPSA) is 75.7 Å². The highest BCUT2D eigenvalue weighted by atomic mass is 32.2. The van der Waals surface area contributed by atoms with Crippen molar-refractivity contribution in [2.75, 3.05) is 24.7 Å². The molecule has 5 heteroatoms. The third-order valence-electron chi connectivity index (χ3n) is 2.15. The number of ether oxygens (including phenoxy) is 1. The maximum Gasteiger partial charge on any atom is 0.119 e.